The number of pyridine rings is 1. The summed E-state index contributed by atoms with van der Waals surface area (Å²) in [6, 6.07) is 14.3. The number of ether oxygens (including phenoxy) is 1. The molecule has 0 aliphatic carbocycles. The number of benzene rings is 2. The second-order valence-electron chi connectivity index (χ2n) is 5.86. The van der Waals surface area contributed by atoms with E-state index in [2.05, 4.69) is 15.6 Å². The number of carboxylic acids is 1. The first-order valence-electron chi connectivity index (χ1n) is 8.37. The van der Waals surface area contributed by atoms with E-state index in [-0.39, 0.29) is 12.2 Å². The van der Waals surface area contributed by atoms with Crippen LogP contribution in [0.2, 0.25) is 10.0 Å². The van der Waals surface area contributed by atoms with Gasteiger partial charge in [-0.05, 0) is 42.0 Å². The largest absolute Gasteiger partial charge is 0.477 e. The van der Waals surface area contributed by atoms with E-state index in [1.807, 2.05) is 0 Å². The van der Waals surface area contributed by atoms with Gasteiger partial charge in [-0.3, -0.25) is 0 Å². The highest BCUT2D eigenvalue weighted by Gasteiger charge is 2.08. The molecule has 0 fully saturated rings. The third kappa shape index (κ3) is 5.84. The van der Waals surface area contributed by atoms with Crippen LogP contribution in [-0.4, -0.2) is 22.1 Å². The molecule has 0 radical (unpaired) electrons. The maximum absolute atomic E-state index is 12.0. The lowest BCUT2D eigenvalue weighted by molar-refractivity contribution is 0.0690. The molecule has 7 nitrogen and oxygen atoms in total. The normalized spacial score (nSPS) is 10.3. The van der Waals surface area contributed by atoms with E-state index >= 15 is 0 Å². The fraction of sp³-hybridized carbons (Fsp3) is 0.0500. The second-order valence-corrected chi connectivity index (χ2v) is 6.70. The summed E-state index contributed by atoms with van der Waals surface area (Å²) >= 11 is 11.9. The zero-order valence-electron chi connectivity index (χ0n) is 14.9. The molecule has 2 aromatic carbocycles. The van der Waals surface area contributed by atoms with Crippen LogP contribution in [0.3, 0.4) is 0 Å². The van der Waals surface area contributed by atoms with Crippen LogP contribution in [0.4, 0.5) is 10.5 Å². The summed E-state index contributed by atoms with van der Waals surface area (Å²) in [4.78, 5) is 26.7. The first kappa shape index (κ1) is 20.4. The first-order chi connectivity index (χ1) is 13.9. The number of amides is 2. The van der Waals surface area contributed by atoms with Crippen LogP contribution in [0, 0.1) is 0 Å². The lowest BCUT2D eigenvalue weighted by atomic mass is 10.2. The Morgan fingerprint density at radius 3 is 2.45 bits per heavy atom. The number of hydrogen-bond acceptors (Lipinski definition) is 4. The minimum Gasteiger partial charge on any atom is -0.477 e. The Kier molecular flexibility index (Phi) is 6.54. The summed E-state index contributed by atoms with van der Waals surface area (Å²) in [5, 5.41) is 15.2. The van der Waals surface area contributed by atoms with Crippen LogP contribution in [0.15, 0.2) is 60.8 Å². The number of carbonyl (C=O) groups is 2. The monoisotopic (exact) mass is 431 g/mol. The van der Waals surface area contributed by atoms with Gasteiger partial charge in [0.2, 0.25) is 0 Å². The van der Waals surface area contributed by atoms with E-state index in [1.54, 1.807) is 48.5 Å². The van der Waals surface area contributed by atoms with E-state index in [1.165, 1.54) is 12.3 Å². The SMILES string of the molecule is O=C(NCc1ccc(Oc2ccnc(C(=O)O)c2)cc1)Nc1ccc(Cl)cc1Cl. The second kappa shape index (κ2) is 9.27. The van der Waals surface area contributed by atoms with Gasteiger partial charge in [0.1, 0.15) is 11.5 Å². The van der Waals surface area contributed by atoms with E-state index in [0.29, 0.717) is 27.2 Å². The van der Waals surface area contributed by atoms with Crippen molar-refractivity contribution in [2.24, 2.45) is 0 Å². The average Bonchev–Trinajstić information content (AvgIpc) is 2.70. The number of hydrogen-bond donors (Lipinski definition) is 3. The standard InChI is InChI=1S/C20H15Cl2N3O4/c21-13-3-6-17(16(22)9-13)25-20(28)24-11-12-1-4-14(5-2-12)29-15-7-8-23-18(10-15)19(26)27/h1-10H,11H2,(H,26,27)(H2,24,25,28). The molecule has 1 heterocycles. The number of aromatic nitrogens is 1. The molecule has 0 saturated heterocycles. The Labute approximate surface area is 176 Å². The molecule has 0 aliphatic rings. The van der Waals surface area contributed by atoms with Gasteiger partial charge in [-0.2, -0.15) is 0 Å². The van der Waals surface area contributed by atoms with Gasteiger partial charge in [0.05, 0.1) is 10.7 Å². The van der Waals surface area contributed by atoms with Gasteiger partial charge in [0.25, 0.3) is 0 Å². The van der Waals surface area contributed by atoms with Crippen LogP contribution in [0.5, 0.6) is 11.5 Å². The molecule has 0 aliphatic heterocycles. The number of halogens is 2. The van der Waals surface area contributed by atoms with Gasteiger partial charge >= 0.3 is 12.0 Å². The van der Waals surface area contributed by atoms with Crippen molar-refractivity contribution in [3.05, 3.63) is 82.1 Å². The molecule has 0 spiro atoms. The molecule has 0 atom stereocenters. The summed E-state index contributed by atoms with van der Waals surface area (Å²) < 4.78 is 5.62. The van der Waals surface area contributed by atoms with Gasteiger partial charge in [-0.1, -0.05) is 35.3 Å². The molecule has 1 aromatic heterocycles. The molecule has 148 valence electrons. The highest BCUT2D eigenvalue weighted by Crippen LogP contribution is 2.25. The van der Waals surface area contributed by atoms with Crippen molar-refractivity contribution in [3.8, 4) is 11.5 Å². The molecular weight excluding hydrogens is 417 g/mol. The van der Waals surface area contributed by atoms with Crippen molar-refractivity contribution in [2.45, 2.75) is 6.54 Å². The highest BCUT2D eigenvalue weighted by molar-refractivity contribution is 6.36. The fourth-order valence-corrected chi connectivity index (χ4v) is 2.80. The third-order valence-corrected chi connectivity index (χ3v) is 4.29. The molecule has 0 saturated carbocycles. The maximum atomic E-state index is 12.0. The van der Waals surface area contributed by atoms with Gasteiger partial charge < -0.3 is 20.5 Å². The van der Waals surface area contributed by atoms with Crippen molar-refractivity contribution in [2.75, 3.05) is 5.32 Å². The van der Waals surface area contributed by atoms with Gasteiger partial charge in [0, 0.05) is 23.8 Å². The van der Waals surface area contributed by atoms with E-state index < -0.39 is 12.0 Å². The van der Waals surface area contributed by atoms with Gasteiger partial charge in [-0.15, -0.1) is 0 Å². The van der Waals surface area contributed by atoms with Crippen molar-refractivity contribution in [1.29, 1.82) is 0 Å². The van der Waals surface area contributed by atoms with Crippen LogP contribution in [0.1, 0.15) is 16.1 Å². The van der Waals surface area contributed by atoms with Crippen LogP contribution in [0.25, 0.3) is 0 Å². The van der Waals surface area contributed by atoms with E-state index in [0.717, 1.165) is 5.56 Å². The van der Waals surface area contributed by atoms with Gasteiger partial charge in [-0.25, -0.2) is 14.6 Å². The van der Waals surface area contributed by atoms with Gasteiger partial charge in [0.15, 0.2) is 5.69 Å². The average molecular weight is 432 g/mol. The molecule has 0 bridgehead atoms. The Bertz CT molecular complexity index is 1040. The zero-order valence-corrected chi connectivity index (χ0v) is 16.4. The van der Waals surface area contributed by atoms with Crippen LogP contribution in [-0.2, 0) is 6.54 Å². The number of aromatic carboxylic acids is 1. The molecule has 2 amide bonds. The molecule has 3 aromatic rings. The summed E-state index contributed by atoms with van der Waals surface area (Å²) in [6.07, 6.45) is 1.36. The number of carbonyl (C=O) groups excluding carboxylic acids is 1. The summed E-state index contributed by atoms with van der Waals surface area (Å²) in [5.41, 5.74) is 1.20. The fourth-order valence-electron chi connectivity index (χ4n) is 2.34. The molecule has 3 rings (SSSR count). The number of urea groups is 1. The van der Waals surface area contributed by atoms with Crippen molar-refractivity contribution in [3.63, 3.8) is 0 Å². The molecule has 0 unspecified atom stereocenters. The Balaban J connectivity index is 1.54. The predicted octanol–water partition coefficient (Wildman–Crippen LogP) is 5.20. The lowest BCUT2D eigenvalue weighted by Gasteiger charge is -2.10. The first-order valence-corrected chi connectivity index (χ1v) is 9.12. The Morgan fingerprint density at radius 1 is 1.00 bits per heavy atom. The minimum absolute atomic E-state index is 0.102. The number of rotatable bonds is 6. The maximum Gasteiger partial charge on any atom is 0.354 e. The van der Waals surface area contributed by atoms with Crippen molar-refractivity contribution >= 4 is 40.9 Å². The Morgan fingerprint density at radius 2 is 1.76 bits per heavy atom. The third-order valence-electron chi connectivity index (χ3n) is 3.74. The summed E-state index contributed by atoms with van der Waals surface area (Å²) in [6.45, 7) is 0.287. The predicted molar refractivity (Wildman–Crippen MR) is 110 cm³/mol. The zero-order chi connectivity index (χ0) is 20.8. The van der Waals surface area contributed by atoms with E-state index in [4.69, 9.17) is 33.0 Å². The lowest BCUT2D eigenvalue weighted by Crippen LogP contribution is -2.28. The molecule has 3 N–H and O–H groups in total. The van der Waals surface area contributed by atoms with Crippen LogP contribution >= 0.6 is 23.2 Å². The van der Waals surface area contributed by atoms with Crippen molar-refractivity contribution < 1.29 is 19.4 Å². The number of nitrogens with one attached hydrogen (secondary N) is 2. The topological polar surface area (TPSA) is 101 Å². The number of nitrogens with zero attached hydrogens (tertiary/aromatic N) is 1. The number of carboxylic acid groups (broad SMARTS) is 1. The van der Waals surface area contributed by atoms with Crippen LogP contribution < -0.4 is 15.4 Å². The number of anilines is 1. The molecule has 9 heteroatoms. The summed E-state index contributed by atoms with van der Waals surface area (Å²) in [7, 11) is 0. The minimum atomic E-state index is -1.13. The van der Waals surface area contributed by atoms with E-state index in [9.17, 15) is 9.59 Å². The quantitative estimate of drug-likeness (QED) is 0.497. The molecule has 29 heavy (non-hydrogen) atoms. The summed E-state index contributed by atoms with van der Waals surface area (Å²) in [5.74, 6) is -0.244. The Hall–Kier alpha value is -3.29. The van der Waals surface area contributed by atoms with Crippen molar-refractivity contribution in [1.82, 2.24) is 10.3 Å². The smallest absolute Gasteiger partial charge is 0.354 e. The highest BCUT2D eigenvalue weighted by atomic mass is 35.5. The molecular formula is C20H15Cl2N3O4.